The van der Waals surface area contributed by atoms with Crippen LogP contribution in [0.15, 0.2) is 12.1 Å². The highest BCUT2D eigenvalue weighted by Gasteiger charge is 2.05. The molecule has 1 heterocycles. The monoisotopic (exact) mass is 235 g/mol. The molecule has 0 aliphatic heterocycles. The van der Waals surface area contributed by atoms with Gasteiger partial charge in [0.05, 0.1) is 18.7 Å². The zero-order valence-corrected chi connectivity index (χ0v) is 9.22. The van der Waals surface area contributed by atoms with Crippen molar-refractivity contribution in [3.05, 3.63) is 23.5 Å². The molecule has 0 aromatic carbocycles. The first-order valence-electron chi connectivity index (χ1n) is 5.04. The van der Waals surface area contributed by atoms with Crippen LogP contribution in [0.1, 0.15) is 17.8 Å². The molecule has 90 valence electrons. The fourth-order valence-electron chi connectivity index (χ4n) is 1.27. The molecule has 1 rings (SSSR count). The zero-order valence-electron chi connectivity index (χ0n) is 9.22. The van der Waals surface area contributed by atoms with E-state index >= 15 is 0 Å². The number of carboxylic acid groups (broad SMARTS) is 1. The Labute approximate surface area is 99.1 Å². The number of rotatable bonds is 6. The normalized spacial score (nSPS) is 9.65. The summed E-state index contributed by atoms with van der Waals surface area (Å²) in [5, 5.41) is 17.6. The molecule has 0 bridgehead atoms. The van der Waals surface area contributed by atoms with Crippen LogP contribution >= 0.6 is 0 Å². The third kappa shape index (κ3) is 4.53. The number of pyridine rings is 1. The minimum absolute atomic E-state index is 0.0174. The number of aliphatic carboxylic acids is 1. The number of carbonyl (C=O) groups is 1. The quantitative estimate of drug-likeness (QED) is 0.706. The molecule has 0 atom stereocenters. The fraction of sp³-hybridized carbons (Fsp3) is 0.333. The smallest absolute Gasteiger partial charge is 0.303 e. The third-order valence-corrected chi connectivity index (χ3v) is 1.98. The summed E-state index contributed by atoms with van der Waals surface area (Å²) in [4.78, 5) is 14.5. The van der Waals surface area contributed by atoms with Gasteiger partial charge in [-0.25, -0.2) is 0 Å². The van der Waals surface area contributed by atoms with Crippen molar-refractivity contribution < 1.29 is 19.7 Å². The first-order valence-corrected chi connectivity index (χ1v) is 5.04. The largest absolute Gasteiger partial charge is 0.481 e. The summed E-state index contributed by atoms with van der Waals surface area (Å²) in [6.07, 6.45) is 5.34. The van der Waals surface area contributed by atoms with E-state index in [2.05, 4.69) is 10.9 Å². The molecular formula is C12H13NO4. The molecule has 0 unspecified atom stereocenters. The molecule has 0 spiro atoms. The van der Waals surface area contributed by atoms with Crippen molar-refractivity contribution in [2.24, 2.45) is 0 Å². The van der Waals surface area contributed by atoms with Crippen LogP contribution in [0.4, 0.5) is 0 Å². The summed E-state index contributed by atoms with van der Waals surface area (Å²) in [6, 6.07) is 3.20. The zero-order chi connectivity index (χ0) is 12.7. The molecule has 1 aromatic rings. The van der Waals surface area contributed by atoms with Crippen LogP contribution in [0.25, 0.3) is 0 Å². The molecular weight excluding hydrogens is 222 g/mol. The van der Waals surface area contributed by atoms with Gasteiger partial charge in [0, 0.05) is 24.2 Å². The Hall–Kier alpha value is -2.06. The SMILES string of the molecule is C#CCOc1cc(CO)nc(CCC(=O)O)c1. The number of hydrogen-bond donors (Lipinski definition) is 2. The number of carboxylic acids is 1. The third-order valence-electron chi connectivity index (χ3n) is 1.98. The van der Waals surface area contributed by atoms with E-state index in [-0.39, 0.29) is 26.1 Å². The number of terminal acetylenes is 1. The van der Waals surface area contributed by atoms with Gasteiger partial charge in [0.25, 0.3) is 0 Å². The Bertz CT molecular complexity index is 437. The van der Waals surface area contributed by atoms with Crippen LogP contribution in [0, 0.1) is 12.3 Å². The highest BCUT2D eigenvalue weighted by molar-refractivity contribution is 5.67. The Balaban J connectivity index is 2.81. The van der Waals surface area contributed by atoms with Gasteiger partial charge in [-0.2, -0.15) is 0 Å². The Morgan fingerprint density at radius 1 is 1.47 bits per heavy atom. The number of aliphatic hydroxyl groups excluding tert-OH is 1. The Kier molecular flexibility index (Phi) is 4.98. The molecule has 5 heteroatoms. The molecule has 1 aromatic heterocycles. The van der Waals surface area contributed by atoms with Gasteiger partial charge in [0.1, 0.15) is 12.4 Å². The first-order chi connectivity index (χ1) is 8.15. The van der Waals surface area contributed by atoms with E-state index in [1.807, 2.05) is 0 Å². The predicted molar refractivity (Wildman–Crippen MR) is 60.4 cm³/mol. The Morgan fingerprint density at radius 2 is 2.18 bits per heavy atom. The second-order valence-electron chi connectivity index (χ2n) is 3.33. The minimum atomic E-state index is -0.896. The molecule has 0 amide bonds. The summed E-state index contributed by atoms with van der Waals surface area (Å²) < 4.78 is 5.21. The number of aliphatic hydroxyl groups is 1. The number of ether oxygens (including phenoxy) is 1. The van der Waals surface area contributed by atoms with E-state index in [0.717, 1.165) is 0 Å². The van der Waals surface area contributed by atoms with Gasteiger partial charge in [-0.15, -0.1) is 6.42 Å². The molecule has 0 fully saturated rings. The lowest BCUT2D eigenvalue weighted by atomic mass is 10.2. The van der Waals surface area contributed by atoms with Gasteiger partial charge in [-0.1, -0.05) is 5.92 Å². The van der Waals surface area contributed by atoms with Crippen LogP contribution in [-0.2, 0) is 17.8 Å². The van der Waals surface area contributed by atoms with E-state index in [0.29, 0.717) is 17.1 Å². The van der Waals surface area contributed by atoms with Gasteiger partial charge < -0.3 is 14.9 Å². The van der Waals surface area contributed by atoms with E-state index < -0.39 is 5.97 Å². The summed E-state index contributed by atoms with van der Waals surface area (Å²) in [6.45, 7) is -0.111. The molecule has 0 aliphatic carbocycles. The lowest BCUT2D eigenvalue weighted by molar-refractivity contribution is -0.136. The highest BCUT2D eigenvalue weighted by Crippen LogP contribution is 2.15. The van der Waals surface area contributed by atoms with Crippen molar-refractivity contribution in [3.63, 3.8) is 0 Å². The second-order valence-corrected chi connectivity index (χ2v) is 3.33. The second kappa shape index (κ2) is 6.51. The average Bonchev–Trinajstić information content (AvgIpc) is 2.33. The minimum Gasteiger partial charge on any atom is -0.481 e. The van der Waals surface area contributed by atoms with Gasteiger partial charge >= 0.3 is 5.97 Å². The highest BCUT2D eigenvalue weighted by atomic mass is 16.5. The van der Waals surface area contributed by atoms with Crippen molar-refractivity contribution in [3.8, 4) is 18.1 Å². The van der Waals surface area contributed by atoms with Gasteiger partial charge in [-0.3, -0.25) is 9.78 Å². The van der Waals surface area contributed by atoms with Crippen molar-refractivity contribution in [2.45, 2.75) is 19.4 Å². The molecule has 0 radical (unpaired) electrons. The molecule has 17 heavy (non-hydrogen) atoms. The number of nitrogens with zero attached hydrogens (tertiary/aromatic N) is 1. The molecule has 5 nitrogen and oxygen atoms in total. The number of aromatic nitrogens is 1. The lowest BCUT2D eigenvalue weighted by Gasteiger charge is -2.07. The van der Waals surface area contributed by atoms with Crippen LogP contribution in [0.5, 0.6) is 5.75 Å². The molecule has 0 aliphatic rings. The summed E-state index contributed by atoms with van der Waals surface area (Å²) in [5.41, 5.74) is 0.992. The van der Waals surface area contributed by atoms with Crippen molar-refractivity contribution >= 4 is 5.97 Å². The van der Waals surface area contributed by atoms with Gasteiger partial charge in [-0.05, 0) is 0 Å². The van der Waals surface area contributed by atoms with Gasteiger partial charge in [0.15, 0.2) is 0 Å². The Morgan fingerprint density at radius 3 is 2.76 bits per heavy atom. The first kappa shape index (κ1) is 13.0. The van der Waals surface area contributed by atoms with Crippen LogP contribution in [-0.4, -0.2) is 27.8 Å². The number of aryl methyl sites for hydroxylation is 1. The standard InChI is InChI=1S/C12H13NO4/c1-2-5-17-11-6-9(3-4-12(15)16)13-10(7-11)8-14/h1,6-7,14H,3-5,8H2,(H,15,16). The summed E-state index contributed by atoms with van der Waals surface area (Å²) in [5.74, 6) is 1.92. The van der Waals surface area contributed by atoms with E-state index in [4.69, 9.17) is 21.4 Å². The van der Waals surface area contributed by atoms with E-state index in [1.54, 1.807) is 12.1 Å². The predicted octanol–water partition coefficient (Wildman–Crippen LogP) is 0.603. The maximum atomic E-state index is 10.4. The number of hydrogen-bond acceptors (Lipinski definition) is 4. The van der Waals surface area contributed by atoms with Crippen molar-refractivity contribution in [1.82, 2.24) is 4.98 Å². The van der Waals surface area contributed by atoms with Crippen molar-refractivity contribution in [1.29, 1.82) is 0 Å². The molecule has 2 N–H and O–H groups in total. The van der Waals surface area contributed by atoms with Gasteiger partial charge in [0.2, 0.25) is 0 Å². The topological polar surface area (TPSA) is 79.7 Å². The van der Waals surface area contributed by atoms with Crippen LogP contribution in [0.3, 0.4) is 0 Å². The maximum Gasteiger partial charge on any atom is 0.303 e. The van der Waals surface area contributed by atoms with Crippen LogP contribution < -0.4 is 4.74 Å². The van der Waals surface area contributed by atoms with E-state index in [9.17, 15) is 4.79 Å². The molecule has 0 saturated carbocycles. The van der Waals surface area contributed by atoms with E-state index in [1.165, 1.54) is 0 Å². The fourth-order valence-corrected chi connectivity index (χ4v) is 1.27. The van der Waals surface area contributed by atoms with Crippen molar-refractivity contribution in [2.75, 3.05) is 6.61 Å². The average molecular weight is 235 g/mol. The molecule has 0 saturated heterocycles. The maximum absolute atomic E-state index is 10.4. The lowest BCUT2D eigenvalue weighted by Crippen LogP contribution is -2.03. The van der Waals surface area contributed by atoms with Crippen LogP contribution in [0.2, 0.25) is 0 Å². The summed E-state index contributed by atoms with van der Waals surface area (Å²) >= 11 is 0. The summed E-state index contributed by atoms with van der Waals surface area (Å²) in [7, 11) is 0.